The van der Waals surface area contributed by atoms with Crippen LogP contribution < -0.4 is 15.2 Å². The number of carbonyl (C=O) groups excluding carboxylic acids is 2. The van der Waals surface area contributed by atoms with Crippen molar-refractivity contribution in [1.82, 2.24) is 9.78 Å². The average molecular weight is 385 g/mol. The summed E-state index contributed by atoms with van der Waals surface area (Å²) < 4.78 is 7.07. The van der Waals surface area contributed by atoms with Gasteiger partial charge in [-0.15, -0.1) is 0 Å². The molecule has 0 aliphatic rings. The highest BCUT2D eigenvalue weighted by molar-refractivity contribution is 6.34. The van der Waals surface area contributed by atoms with Crippen LogP contribution in [0.2, 0.25) is 10.0 Å². The number of ether oxygens (including phenoxy) is 1. The lowest BCUT2D eigenvalue weighted by molar-refractivity contribution is -0.305. The summed E-state index contributed by atoms with van der Waals surface area (Å²) >= 11 is 11.9. The summed E-state index contributed by atoms with van der Waals surface area (Å²) in [6.07, 6.45) is 2.61. The zero-order valence-corrected chi connectivity index (χ0v) is 14.9. The number of anilines is 1. The van der Waals surface area contributed by atoms with Gasteiger partial charge < -0.3 is 20.0 Å². The summed E-state index contributed by atoms with van der Waals surface area (Å²) in [5, 5.41) is 17.9. The van der Waals surface area contributed by atoms with Crippen LogP contribution in [0, 0.1) is 0 Å². The third kappa shape index (κ3) is 5.95. The molecule has 1 atom stereocenters. The Labute approximate surface area is 154 Å². The van der Waals surface area contributed by atoms with Crippen molar-refractivity contribution in [2.24, 2.45) is 0 Å². The highest BCUT2D eigenvalue weighted by atomic mass is 35.5. The molecule has 9 heteroatoms. The van der Waals surface area contributed by atoms with Crippen LogP contribution in [0.5, 0.6) is 5.75 Å². The second-order valence-electron chi connectivity index (χ2n) is 5.29. The van der Waals surface area contributed by atoms with E-state index in [1.165, 1.54) is 16.9 Å². The molecule has 7 nitrogen and oxygen atoms in total. The normalized spacial score (nSPS) is 11.8. The molecule has 0 bridgehead atoms. The van der Waals surface area contributed by atoms with E-state index < -0.39 is 12.1 Å². The maximum atomic E-state index is 12.2. The maximum Gasteiger partial charge on any atom is 0.265 e. The van der Waals surface area contributed by atoms with Crippen molar-refractivity contribution in [1.29, 1.82) is 0 Å². The summed E-state index contributed by atoms with van der Waals surface area (Å²) in [5.74, 6) is -1.17. The van der Waals surface area contributed by atoms with Gasteiger partial charge in [-0.05, 0) is 31.9 Å². The maximum absolute atomic E-state index is 12.2. The number of hydrogen-bond acceptors (Lipinski definition) is 5. The molecule has 1 aromatic carbocycles. The second kappa shape index (κ2) is 8.73. The largest absolute Gasteiger partial charge is 0.550 e. The standard InChI is InChI=1S/C16H17Cl2N3O4/c1-10(25-14-7-11(17)4-5-13(14)18)16(24)20-12-8-19-21(9-12)6-2-3-15(22)23/h4-5,7-10H,2-3,6H2,1H3,(H,20,24)(H,22,23)/p-1/t10-/m0/s1. The van der Waals surface area contributed by atoms with Gasteiger partial charge >= 0.3 is 0 Å². The average Bonchev–Trinajstić information content (AvgIpc) is 2.97. The smallest absolute Gasteiger partial charge is 0.265 e. The molecule has 1 heterocycles. The first kappa shape index (κ1) is 19.1. The van der Waals surface area contributed by atoms with Gasteiger partial charge in [-0.3, -0.25) is 9.48 Å². The Bertz CT molecular complexity index is 764. The van der Waals surface area contributed by atoms with Crippen LogP contribution in [0.1, 0.15) is 19.8 Å². The number of amides is 1. The highest BCUT2D eigenvalue weighted by Crippen LogP contribution is 2.28. The molecule has 0 radical (unpaired) electrons. The molecule has 0 spiro atoms. The lowest BCUT2D eigenvalue weighted by Crippen LogP contribution is -2.30. The summed E-state index contributed by atoms with van der Waals surface area (Å²) in [6.45, 7) is 1.99. The zero-order valence-electron chi connectivity index (χ0n) is 13.4. The number of halogens is 2. The molecule has 1 aromatic heterocycles. The molecule has 1 amide bonds. The molecule has 0 fully saturated rings. The molecule has 2 aromatic rings. The van der Waals surface area contributed by atoms with Crippen LogP contribution in [0.25, 0.3) is 0 Å². The van der Waals surface area contributed by atoms with Crippen LogP contribution >= 0.6 is 23.2 Å². The van der Waals surface area contributed by atoms with E-state index in [4.69, 9.17) is 27.9 Å². The number of rotatable bonds is 8. The molecular formula is C16H16Cl2N3O4-. The lowest BCUT2D eigenvalue weighted by atomic mass is 10.3. The van der Waals surface area contributed by atoms with Gasteiger partial charge in [0.2, 0.25) is 0 Å². The molecule has 134 valence electrons. The van der Waals surface area contributed by atoms with Gasteiger partial charge in [0.05, 0.1) is 16.9 Å². The van der Waals surface area contributed by atoms with Gasteiger partial charge in [0, 0.05) is 29.8 Å². The topological polar surface area (TPSA) is 96.3 Å². The van der Waals surface area contributed by atoms with E-state index in [0.717, 1.165) is 0 Å². The summed E-state index contributed by atoms with van der Waals surface area (Å²) in [6, 6.07) is 4.74. The molecule has 0 aliphatic carbocycles. The summed E-state index contributed by atoms with van der Waals surface area (Å²) in [4.78, 5) is 22.6. The van der Waals surface area contributed by atoms with Crippen molar-refractivity contribution in [3.05, 3.63) is 40.6 Å². The van der Waals surface area contributed by atoms with Crippen LogP contribution in [-0.4, -0.2) is 27.8 Å². The van der Waals surface area contributed by atoms with Crippen molar-refractivity contribution in [2.75, 3.05) is 5.32 Å². The van der Waals surface area contributed by atoms with Crippen molar-refractivity contribution in [3.8, 4) is 5.75 Å². The SMILES string of the molecule is C[C@H](Oc1cc(Cl)ccc1Cl)C(=O)Nc1cnn(CCCC(=O)[O-])c1. The third-order valence-electron chi connectivity index (χ3n) is 3.24. The summed E-state index contributed by atoms with van der Waals surface area (Å²) in [7, 11) is 0. The molecule has 0 unspecified atom stereocenters. The fraction of sp³-hybridized carbons (Fsp3) is 0.312. The minimum Gasteiger partial charge on any atom is -0.550 e. The second-order valence-corrected chi connectivity index (χ2v) is 6.14. The number of aliphatic carboxylic acids is 1. The fourth-order valence-corrected chi connectivity index (χ4v) is 2.32. The van der Waals surface area contributed by atoms with E-state index in [0.29, 0.717) is 34.4 Å². The minimum atomic E-state index is -1.11. The van der Waals surface area contributed by atoms with E-state index in [1.54, 1.807) is 25.3 Å². The Morgan fingerprint density at radius 2 is 2.16 bits per heavy atom. The Morgan fingerprint density at radius 3 is 2.88 bits per heavy atom. The van der Waals surface area contributed by atoms with E-state index >= 15 is 0 Å². The Kier molecular flexibility index (Phi) is 6.66. The Hall–Kier alpha value is -2.25. The monoisotopic (exact) mass is 384 g/mol. The number of benzene rings is 1. The van der Waals surface area contributed by atoms with Gasteiger partial charge in [-0.2, -0.15) is 5.10 Å². The van der Waals surface area contributed by atoms with Crippen LogP contribution in [0.3, 0.4) is 0 Å². The van der Waals surface area contributed by atoms with Crippen molar-refractivity contribution < 1.29 is 19.4 Å². The number of carbonyl (C=O) groups is 2. The molecule has 2 rings (SSSR count). The summed E-state index contributed by atoms with van der Waals surface area (Å²) in [5.41, 5.74) is 0.478. The zero-order chi connectivity index (χ0) is 18.4. The molecule has 0 aliphatic heterocycles. The van der Waals surface area contributed by atoms with Crippen LogP contribution in [0.4, 0.5) is 5.69 Å². The fourth-order valence-electron chi connectivity index (χ4n) is 1.99. The first-order valence-electron chi connectivity index (χ1n) is 7.50. The first-order chi connectivity index (χ1) is 11.8. The van der Waals surface area contributed by atoms with Gasteiger partial charge in [0.25, 0.3) is 5.91 Å². The number of nitrogens with one attached hydrogen (secondary N) is 1. The highest BCUT2D eigenvalue weighted by Gasteiger charge is 2.17. The molecule has 0 saturated carbocycles. The lowest BCUT2D eigenvalue weighted by Gasteiger charge is -2.15. The quantitative estimate of drug-likeness (QED) is 0.751. The number of aryl methyl sites for hydroxylation is 1. The van der Waals surface area contributed by atoms with Crippen LogP contribution in [-0.2, 0) is 16.1 Å². The first-order valence-corrected chi connectivity index (χ1v) is 8.25. The van der Waals surface area contributed by atoms with Crippen LogP contribution in [0.15, 0.2) is 30.6 Å². The van der Waals surface area contributed by atoms with Gasteiger partial charge in [0.15, 0.2) is 6.10 Å². The van der Waals surface area contributed by atoms with E-state index in [2.05, 4.69) is 10.4 Å². The third-order valence-corrected chi connectivity index (χ3v) is 3.78. The number of carboxylic acid groups (broad SMARTS) is 1. The predicted molar refractivity (Wildman–Crippen MR) is 91.6 cm³/mol. The van der Waals surface area contributed by atoms with Crippen molar-refractivity contribution >= 4 is 40.8 Å². The molecule has 25 heavy (non-hydrogen) atoms. The van der Waals surface area contributed by atoms with E-state index in [-0.39, 0.29) is 12.3 Å². The Balaban J connectivity index is 1.89. The molecule has 1 N–H and O–H groups in total. The Morgan fingerprint density at radius 1 is 1.40 bits per heavy atom. The number of hydrogen-bond donors (Lipinski definition) is 1. The number of nitrogens with zero attached hydrogens (tertiary/aromatic N) is 2. The van der Waals surface area contributed by atoms with E-state index in [9.17, 15) is 14.7 Å². The van der Waals surface area contributed by atoms with Gasteiger partial charge in [0.1, 0.15) is 5.75 Å². The minimum absolute atomic E-state index is 0.0488. The van der Waals surface area contributed by atoms with Crippen molar-refractivity contribution in [3.63, 3.8) is 0 Å². The van der Waals surface area contributed by atoms with Crippen molar-refractivity contribution in [2.45, 2.75) is 32.4 Å². The van der Waals surface area contributed by atoms with Gasteiger partial charge in [-0.1, -0.05) is 23.2 Å². The number of aromatic nitrogens is 2. The molecular weight excluding hydrogens is 369 g/mol. The predicted octanol–water partition coefficient (Wildman–Crippen LogP) is 2.13. The van der Waals surface area contributed by atoms with Gasteiger partial charge in [-0.25, -0.2) is 0 Å². The molecule has 0 saturated heterocycles. The van der Waals surface area contributed by atoms with E-state index in [1.807, 2.05) is 0 Å². The number of carboxylic acids is 1.